The van der Waals surface area contributed by atoms with Crippen molar-refractivity contribution in [2.75, 3.05) is 6.61 Å². The minimum atomic E-state index is -0.275. The fraction of sp³-hybridized carbons (Fsp3) is 0.138. The summed E-state index contributed by atoms with van der Waals surface area (Å²) >= 11 is 0. The molecule has 0 heterocycles. The molecule has 0 amide bonds. The molecule has 0 unspecified atom stereocenters. The topological polar surface area (TPSA) is 46.5 Å². The van der Waals surface area contributed by atoms with Crippen LogP contribution in [0.4, 0.5) is 4.39 Å². The first-order chi connectivity index (χ1) is 16.1. The molecule has 0 aromatic heterocycles. The summed E-state index contributed by atoms with van der Waals surface area (Å²) in [4.78, 5) is 10.5. The molecule has 0 atom stereocenters. The summed E-state index contributed by atoms with van der Waals surface area (Å²) in [5.41, 5.74) is 8.18. The molecule has 4 aromatic carbocycles. The van der Waals surface area contributed by atoms with E-state index >= 15 is 0 Å². The number of hydrogen-bond acceptors (Lipinski definition) is 3. The van der Waals surface area contributed by atoms with Crippen molar-refractivity contribution < 1.29 is 19.0 Å². The van der Waals surface area contributed by atoms with Gasteiger partial charge in [-0.15, -0.1) is 0 Å². The van der Waals surface area contributed by atoms with Crippen LogP contribution in [0.3, 0.4) is 0 Å². The molecule has 0 saturated heterocycles. The van der Waals surface area contributed by atoms with Crippen LogP contribution in [0.5, 0.6) is 0 Å². The third-order valence-electron chi connectivity index (χ3n) is 5.84. The average molecular weight is 441 g/mol. The van der Waals surface area contributed by atoms with E-state index in [0.717, 1.165) is 44.5 Å². The number of halogens is 1. The first-order valence-corrected chi connectivity index (χ1v) is 10.8. The SMILES string of the molecule is Cc1ccc(-c2ccc(-c3ccc(-c4ccc(CCO)cc4)cc3F)cc2)cc1COC=O. The maximum absolute atomic E-state index is 15.0. The second kappa shape index (κ2) is 10.2. The van der Waals surface area contributed by atoms with Crippen LogP contribution in [-0.4, -0.2) is 18.2 Å². The number of aliphatic hydroxyl groups is 1. The minimum absolute atomic E-state index is 0.112. The lowest BCUT2D eigenvalue weighted by Gasteiger charge is -2.10. The van der Waals surface area contributed by atoms with Gasteiger partial charge < -0.3 is 9.84 Å². The van der Waals surface area contributed by atoms with Crippen LogP contribution in [0.1, 0.15) is 16.7 Å². The molecule has 4 heteroatoms. The largest absolute Gasteiger partial charge is 0.463 e. The lowest BCUT2D eigenvalue weighted by atomic mass is 9.96. The second-order valence-corrected chi connectivity index (χ2v) is 7.99. The van der Waals surface area contributed by atoms with E-state index in [9.17, 15) is 9.18 Å². The van der Waals surface area contributed by atoms with E-state index in [1.807, 2.05) is 85.8 Å². The molecule has 0 aliphatic carbocycles. The molecular formula is C29H25FO3. The smallest absolute Gasteiger partial charge is 0.293 e. The van der Waals surface area contributed by atoms with Crippen LogP contribution in [0.25, 0.3) is 33.4 Å². The summed E-state index contributed by atoms with van der Waals surface area (Å²) in [6.07, 6.45) is 0.611. The summed E-state index contributed by atoms with van der Waals surface area (Å²) in [7, 11) is 0. The van der Waals surface area contributed by atoms with E-state index in [4.69, 9.17) is 9.84 Å². The number of rotatable bonds is 8. The Morgan fingerprint density at radius 1 is 0.788 bits per heavy atom. The zero-order valence-electron chi connectivity index (χ0n) is 18.4. The normalized spacial score (nSPS) is 10.8. The Balaban J connectivity index is 1.56. The summed E-state index contributed by atoms with van der Waals surface area (Å²) in [5.74, 6) is -0.275. The monoisotopic (exact) mass is 440 g/mol. The predicted molar refractivity (Wildman–Crippen MR) is 129 cm³/mol. The molecule has 166 valence electrons. The quantitative estimate of drug-likeness (QED) is 0.325. The van der Waals surface area contributed by atoms with E-state index in [0.29, 0.717) is 18.5 Å². The van der Waals surface area contributed by atoms with Crippen LogP contribution in [0.2, 0.25) is 0 Å². The van der Waals surface area contributed by atoms with Crippen LogP contribution < -0.4 is 0 Å². The maximum atomic E-state index is 15.0. The maximum Gasteiger partial charge on any atom is 0.293 e. The Morgan fingerprint density at radius 2 is 1.36 bits per heavy atom. The molecule has 0 bridgehead atoms. The number of carbonyl (C=O) groups excluding carboxylic acids is 1. The van der Waals surface area contributed by atoms with Crippen molar-refractivity contribution in [2.45, 2.75) is 20.0 Å². The van der Waals surface area contributed by atoms with Crippen molar-refractivity contribution in [2.24, 2.45) is 0 Å². The number of aryl methyl sites for hydroxylation is 1. The number of benzene rings is 4. The molecule has 3 nitrogen and oxygen atoms in total. The van der Waals surface area contributed by atoms with Gasteiger partial charge in [0.05, 0.1) is 0 Å². The second-order valence-electron chi connectivity index (χ2n) is 7.99. The van der Waals surface area contributed by atoms with Gasteiger partial charge >= 0.3 is 0 Å². The third-order valence-corrected chi connectivity index (χ3v) is 5.84. The highest BCUT2D eigenvalue weighted by Crippen LogP contribution is 2.30. The van der Waals surface area contributed by atoms with Crippen molar-refractivity contribution in [3.05, 3.63) is 107 Å². The van der Waals surface area contributed by atoms with Gasteiger partial charge in [-0.1, -0.05) is 72.8 Å². The summed E-state index contributed by atoms with van der Waals surface area (Å²) in [6, 6.07) is 26.9. The van der Waals surface area contributed by atoms with Gasteiger partial charge in [-0.3, -0.25) is 4.79 Å². The molecule has 0 saturated carbocycles. The first kappa shape index (κ1) is 22.4. The van der Waals surface area contributed by atoms with Crippen LogP contribution in [-0.2, 0) is 22.6 Å². The van der Waals surface area contributed by atoms with Gasteiger partial charge in [0, 0.05) is 12.2 Å². The van der Waals surface area contributed by atoms with E-state index in [-0.39, 0.29) is 19.0 Å². The van der Waals surface area contributed by atoms with E-state index in [2.05, 4.69) is 0 Å². The Morgan fingerprint density at radius 3 is 2.00 bits per heavy atom. The van der Waals surface area contributed by atoms with Crippen LogP contribution >= 0.6 is 0 Å². The van der Waals surface area contributed by atoms with Crippen molar-refractivity contribution in [3.8, 4) is 33.4 Å². The zero-order valence-corrected chi connectivity index (χ0v) is 18.4. The van der Waals surface area contributed by atoms with Crippen molar-refractivity contribution in [1.29, 1.82) is 0 Å². The standard InChI is InChI=1S/C29H25FO3/c1-20-2-5-25(16-27(20)18-33-19-32)23-8-10-24(11-9-23)28-13-12-26(17-29(28)30)22-6-3-21(4-7-22)14-15-31/h2-13,16-17,19,31H,14-15,18H2,1H3. The lowest BCUT2D eigenvalue weighted by molar-refractivity contribution is -0.129. The summed E-state index contributed by atoms with van der Waals surface area (Å²) in [6.45, 7) is 2.78. The van der Waals surface area contributed by atoms with Crippen LogP contribution in [0.15, 0.2) is 84.9 Å². The van der Waals surface area contributed by atoms with Crippen molar-refractivity contribution >= 4 is 6.47 Å². The molecule has 0 radical (unpaired) electrons. The van der Waals surface area contributed by atoms with E-state index in [1.165, 1.54) is 0 Å². The first-order valence-electron chi connectivity index (χ1n) is 10.8. The van der Waals surface area contributed by atoms with E-state index < -0.39 is 0 Å². The number of aliphatic hydroxyl groups excluding tert-OH is 1. The molecule has 33 heavy (non-hydrogen) atoms. The number of carbonyl (C=O) groups is 1. The highest BCUT2D eigenvalue weighted by Gasteiger charge is 2.09. The number of hydrogen-bond donors (Lipinski definition) is 1. The average Bonchev–Trinajstić information content (AvgIpc) is 2.84. The molecule has 4 aromatic rings. The van der Waals surface area contributed by atoms with Gasteiger partial charge in [0.1, 0.15) is 12.4 Å². The number of ether oxygens (including phenoxy) is 1. The zero-order chi connectivity index (χ0) is 23.2. The summed E-state index contributed by atoms with van der Waals surface area (Å²) in [5, 5.41) is 9.05. The van der Waals surface area contributed by atoms with Gasteiger partial charge in [-0.05, 0) is 70.0 Å². The third kappa shape index (κ3) is 5.18. The summed E-state index contributed by atoms with van der Waals surface area (Å²) < 4.78 is 19.9. The fourth-order valence-electron chi connectivity index (χ4n) is 3.89. The Labute approximate surface area is 193 Å². The highest BCUT2D eigenvalue weighted by molar-refractivity contribution is 5.74. The molecule has 0 fully saturated rings. The van der Waals surface area contributed by atoms with Crippen molar-refractivity contribution in [1.82, 2.24) is 0 Å². The Bertz CT molecular complexity index is 1250. The molecule has 0 spiro atoms. The molecule has 4 rings (SSSR count). The Kier molecular flexibility index (Phi) is 6.96. The Hall–Kier alpha value is -3.76. The van der Waals surface area contributed by atoms with E-state index in [1.54, 1.807) is 6.07 Å². The molecule has 1 N–H and O–H groups in total. The molecular weight excluding hydrogens is 415 g/mol. The molecule has 0 aliphatic heterocycles. The van der Waals surface area contributed by atoms with Gasteiger partial charge in [0.25, 0.3) is 6.47 Å². The van der Waals surface area contributed by atoms with Gasteiger partial charge in [0.2, 0.25) is 0 Å². The lowest BCUT2D eigenvalue weighted by Crippen LogP contribution is -1.94. The fourth-order valence-corrected chi connectivity index (χ4v) is 3.89. The molecule has 0 aliphatic rings. The van der Waals surface area contributed by atoms with Crippen LogP contribution in [0, 0.1) is 12.7 Å². The van der Waals surface area contributed by atoms with Gasteiger partial charge in [-0.2, -0.15) is 0 Å². The van der Waals surface area contributed by atoms with Gasteiger partial charge in [-0.25, -0.2) is 4.39 Å². The highest BCUT2D eigenvalue weighted by atomic mass is 19.1. The van der Waals surface area contributed by atoms with Crippen molar-refractivity contribution in [3.63, 3.8) is 0 Å². The van der Waals surface area contributed by atoms with Gasteiger partial charge in [0.15, 0.2) is 0 Å². The minimum Gasteiger partial charge on any atom is -0.463 e. The predicted octanol–water partition coefficient (Wildman–Crippen LogP) is 6.34.